The molecule has 2 aromatic carbocycles. The monoisotopic (exact) mass is 480 g/mol. The Morgan fingerprint density at radius 1 is 1.12 bits per heavy atom. The van der Waals surface area contributed by atoms with Gasteiger partial charge in [-0.1, -0.05) is 29.8 Å². The van der Waals surface area contributed by atoms with Crippen LogP contribution < -0.4 is 15.4 Å². The van der Waals surface area contributed by atoms with E-state index in [4.69, 9.17) is 16.3 Å². The van der Waals surface area contributed by atoms with Crippen LogP contribution in [0.5, 0.6) is 5.75 Å². The number of hydrogen-bond acceptors (Lipinski definition) is 5. The molecule has 2 amide bonds. The first-order valence-electron chi connectivity index (χ1n) is 10.0. The Morgan fingerprint density at radius 3 is 2.67 bits per heavy atom. The summed E-state index contributed by atoms with van der Waals surface area (Å²) in [4.78, 5) is 30.7. The number of halogens is 1. The van der Waals surface area contributed by atoms with E-state index < -0.39 is 6.04 Å². The van der Waals surface area contributed by atoms with Crippen LogP contribution in [-0.4, -0.2) is 28.5 Å². The normalized spacial score (nSPS) is 11.6. The molecule has 2 aromatic heterocycles. The predicted octanol–water partition coefficient (Wildman–Crippen LogP) is 4.92. The number of thiophene rings is 1. The van der Waals surface area contributed by atoms with E-state index in [1.807, 2.05) is 47.5 Å². The van der Waals surface area contributed by atoms with Crippen molar-refractivity contribution in [3.05, 3.63) is 99.2 Å². The van der Waals surface area contributed by atoms with E-state index in [-0.39, 0.29) is 11.8 Å². The molecule has 0 aliphatic heterocycles. The molecule has 7 nitrogen and oxygen atoms in total. The van der Waals surface area contributed by atoms with Gasteiger partial charge in [0.25, 0.3) is 11.8 Å². The van der Waals surface area contributed by atoms with Gasteiger partial charge in [-0.15, -0.1) is 11.3 Å². The number of imidazole rings is 1. The molecule has 1 atom stereocenters. The van der Waals surface area contributed by atoms with Crippen molar-refractivity contribution in [1.29, 1.82) is 0 Å². The molecule has 9 heteroatoms. The molecule has 1 unspecified atom stereocenters. The summed E-state index contributed by atoms with van der Waals surface area (Å²) in [7, 11) is 3.45. The SMILES string of the molecule is COc1cccc(C(NC(=O)c2ccc(Cl)c(NC(=O)c3cccs3)c2)c2nccn2C)c1. The molecule has 0 saturated carbocycles. The number of carbonyl (C=O) groups excluding carboxylic acids is 2. The number of hydrogen-bond donors (Lipinski definition) is 2. The molecule has 2 heterocycles. The molecular formula is C24H21ClN4O3S. The van der Waals surface area contributed by atoms with Crippen LogP contribution in [0.4, 0.5) is 5.69 Å². The second kappa shape index (κ2) is 9.89. The van der Waals surface area contributed by atoms with Crippen molar-refractivity contribution < 1.29 is 14.3 Å². The zero-order valence-electron chi connectivity index (χ0n) is 17.9. The van der Waals surface area contributed by atoms with E-state index in [1.165, 1.54) is 11.3 Å². The number of nitrogens with zero attached hydrogens (tertiary/aromatic N) is 2. The van der Waals surface area contributed by atoms with Crippen LogP contribution >= 0.6 is 22.9 Å². The van der Waals surface area contributed by atoms with Gasteiger partial charge in [-0.05, 0) is 47.3 Å². The maximum Gasteiger partial charge on any atom is 0.265 e. The molecule has 0 spiro atoms. The number of carbonyl (C=O) groups is 2. The van der Waals surface area contributed by atoms with Gasteiger partial charge in [0.15, 0.2) is 0 Å². The minimum atomic E-state index is -0.521. The van der Waals surface area contributed by atoms with Crippen LogP contribution in [0.3, 0.4) is 0 Å². The van der Waals surface area contributed by atoms with Crippen LogP contribution in [0.15, 0.2) is 72.4 Å². The lowest BCUT2D eigenvalue weighted by molar-refractivity contribution is 0.0940. The average molecular weight is 481 g/mol. The Balaban J connectivity index is 1.62. The lowest BCUT2D eigenvalue weighted by Crippen LogP contribution is -2.31. The summed E-state index contributed by atoms with van der Waals surface area (Å²) >= 11 is 7.59. The standard InChI is InChI=1S/C24H21ClN4O3S/c1-29-11-10-26-22(29)21(15-5-3-6-17(13-15)32-2)28-23(30)16-8-9-18(25)19(14-16)27-24(31)20-7-4-12-33-20/h3-14,21H,1-2H3,(H,27,31)(H,28,30). The van der Waals surface area contributed by atoms with E-state index in [9.17, 15) is 9.59 Å². The highest BCUT2D eigenvalue weighted by molar-refractivity contribution is 7.12. The van der Waals surface area contributed by atoms with E-state index in [0.29, 0.717) is 32.7 Å². The molecule has 2 N–H and O–H groups in total. The zero-order valence-corrected chi connectivity index (χ0v) is 19.5. The van der Waals surface area contributed by atoms with Crippen LogP contribution in [0.1, 0.15) is 37.5 Å². The van der Waals surface area contributed by atoms with Gasteiger partial charge in [-0.2, -0.15) is 0 Å². The Kier molecular flexibility index (Phi) is 6.76. The molecule has 0 aliphatic carbocycles. The van der Waals surface area contributed by atoms with Crippen LogP contribution in [0, 0.1) is 0 Å². The van der Waals surface area contributed by atoms with Crippen molar-refractivity contribution in [2.24, 2.45) is 7.05 Å². The van der Waals surface area contributed by atoms with Crippen molar-refractivity contribution >= 4 is 40.4 Å². The molecule has 4 aromatic rings. The summed E-state index contributed by atoms with van der Waals surface area (Å²) in [6.45, 7) is 0. The lowest BCUT2D eigenvalue weighted by atomic mass is 10.0. The van der Waals surface area contributed by atoms with Crippen molar-refractivity contribution in [3.63, 3.8) is 0 Å². The number of methoxy groups -OCH3 is 1. The summed E-state index contributed by atoms with van der Waals surface area (Å²) in [6, 6.07) is 15.2. The van der Waals surface area contributed by atoms with Gasteiger partial charge < -0.3 is 19.9 Å². The Labute approximate surface area is 200 Å². The molecule has 168 valence electrons. The van der Waals surface area contributed by atoms with Crippen molar-refractivity contribution in [2.75, 3.05) is 12.4 Å². The summed E-state index contributed by atoms with van der Waals surface area (Å²) in [5.74, 6) is 0.712. The fourth-order valence-corrected chi connectivity index (χ4v) is 4.13. The van der Waals surface area contributed by atoms with Gasteiger partial charge in [0.1, 0.15) is 17.6 Å². The summed E-state index contributed by atoms with van der Waals surface area (Å²) in [5.41, 5.74) is 1.53. The highest BCUT2D eigenvalue weighted by atomic mass is 35.5. The van der Waals surface area contributed by atoms with E-state index in [2.05, 4.69) is 15.6 Å². The number of anilines is 1. The maximum atomic E-state index is 13.2. The third kappa shape index (κ3) is 5.08. The number of benzene rings is 2. The minimum Gasteiger partial charge on any atom is -0.497 e. The fourth-order valence-electron chi connectivity index (χ4n) is 3.34. The van der Waals surface area contributed by atoms with E-state index >= 15 is 0 Å². The number of aryl methyl sites for hydroxylation is 1. The number of ether oxygens (including phenoxy) is 1. The lowest BCUT2D eigenvalue weighted by Gasteiger charge is -2.20. The third-order valence-electron chi connectivity index (χ3n) is 5.04. The molecule has 33 heavy (non-hydrogen) atoms. The van der Waals surface area contributed by atoms with Gasteiger partial charge in [0.05, 0.1) is 22.7 Å². The smallest absolute Gasteiger partial charge is 0.265 e. The first-order chi connectivity index (χ1) is 16.0. The first kappa shape index (κ1) is 22.6. The highest BCUT2D eigenvalue weighted by Crippen LogP contribution is 2.27. The van der Waals surface area contributed by atoms with Gasteiger partial charge in [0.2, 0.25) is 0 Å². The Hall–Kier alpha value is -3.62. The van der Waals surface area contributed by atoms with Crippen LogP contribution in [0.25, 0.3) is 0 Å². The fraction of sp³-hybridized carbons (Fsp3) is 0.125. The predicted molar refractivity (Wildman–Crippen MR) is 129 cm³/mol. The van der Waals surface area contributed by atoms with Gasteiger partial charge in [-0.3, -0.25) is 9.59 Å². The van der Waals surface area contributed by atoms with E-state index in [1.54, 1.807) is 43.6 Å². The maximum absolute atomic E-state index is 13.2. The van der Waals surface area contributed by atoms with Crippen LogP contribution in [-0.2, 0) is 7.05 Å². The molecule has 0 bridgehead atoms. The Morgan fingerprint density at radius 2 is 1.97 bits per heavy atom. The topological polar surface area (TPSA) is 85.2 Å². The quantitative estimate of drug-likeness (QED) is 0.393. The van der Waals surface area contributed by atoms with Gasteiger partial charge in [0, 0.05) is 25.0 Å². The molecule has 4 rings (SSSR count). The molecule has 0 radical (unpaired) electrons. The second-order valence-electron chi connectivity index (χ2n) is 7.21. The summed E-state index contributed by atoms with van der Waals surface area (Å²) in [5, 5.41) is 7.97. The number of rotatable bonds is 7. The van der Waals surface area contributed by atoms with Gasteiger partial charge in [-0.25, -0.2) is 4.98 Å². The summed E-state index contributed by atoms with van der Waals surface area (Å²) in [6.07, 6.45) is 3.49. The summed E-state index contributed by atoms with van der Waals surface area (Å²) < 4.78 is 7.19. The minimum absolute atomic E-state index is 0.285. The van der Waals surface area contributed by atoms with Crippen molar-refractivity contribution in [2.45, 2.75) is 6.04 Å². The molecule has 0 saturated heterocycles. The molecular weight excluding hydrogens is 460 g/mol. The molecule has 0 aliphatic rings. The number of amides is 2. The van der Waals surface area contributed by atoms with Crippen molar-refractivity contribution in [1.82, 2.24) is 14.9 Å². The second-order valence-corrected chi connectivity index (χ2v) is 8.56. The van der Waals surface area contributed by atoms with Crippen molar-refractivity contribution in [3.8, 4) is 5.75 Å². The largest absolute Gasteiger partial charge is 0.497 e. The van der Waals surface area contributed by atoms with Gasteiger partial charge >= 0.3 is 0 Å². The van der Waals surface area contributed by atoms with E-state index in [0.717, 1.165) is 5.56 Å². The van der Waals surface area contributed by atoms with Crippen LogP contribution in [0.2, 0.25) is 5.02 Å². The number of aromatic nitrogens is 2. The molecule has 0 fully saturated rings. The average Bonchev–Trinajstić information content (AvgIpc) is 3.51. The third-order valence-corrected chi connectivity index (χ3v) is 6.24. The first-order valence-corrected chi connectivity index (χ1v) is 11.3. The Bertz CT molecular complexity index is 1290. The highest BCUT2D eigenvalue weighted by Gasteiger charge is 2.22. The number of nitrogens with one attached hydrogen (secondary N) is 2. The zero-order chi connectivity index (χ0) is 23.4.